The third-order valence-corrected chi connectivity index (χ3v) is 5.55. The van der Waals surface area contributed by atoms with E-state index in [1.807, 2.05) is 44.2 Å². The van der Waals surface area contributed by atoms with Crippen molar-refractivity contribution in [2.24, 2.45) is 0 Å². The van der Waals surface area contributed by atoms with Gasteiger partial charge in [-0.1, -0.05) is 29.8 Å². The molecule has 1 unspecified atom stereocenters. The third-order valence-electron chi connectivity index (χ3n) is 5.55. The van der Waals surface area contributed by atoms with E-state index in [1.165, 1.54) is 30.4 Å². The number of nitrogens with one attached hydrogen (secondary N) is 2. The SMILES string of the molecule is Cc1ccc(CN2C(=O)N(C)C(=O)NC2Nc2ccc(Oc3cncc(C(=O)O)c3)c(C)c2)cc1. The maximum absolute atomic E-state index is 12.9. The van der Waals surface area contributed by atoms with Crippen LogP contribution in [0.3, 0.4) is 0 Å². The van der Waals surface area contributed by atoms with Crippen LogP contribution in [-0.2, 0) is 6.54 Å². The lowest BCUT2D eigenvalue weighted by Gasteiger charge is -2.40. The number of imide groups is 1. The summed E-state index contributed by atoms with van der Waals surface area (Å²) in [4.78, 5) is 42.8. The Kier molecular flexibility index (Phi) is 6.54. The Morgan fingerprint density at radius 1 is 1.11 bits per heavy atom. The fraction of sp³-hybridized carbons (Fsp3) is 0.200. The predicted molar refractivity (Wildman–Crippen MR) is 128 cm³/mol. The van der Waals surface area contributed by atoms with E-state index in [4.69, 9.17) is 9.84 Å². The van der Waals surface area contributed by atoms with Crippen LogP contribution >= 0.6 is 0 Å². The van der Waals surface area contributed by atoms with Crippen LogP contribution in [0.1, 0.15) is 27.0 Å². The van der Waals surface area contributed by atoms with E-state index in [9.17, 15) is 14.4 Å². The normalized spacial score (nSPS) is 15.6. The van der Waals surface area contributed by atoms with Crippen LogP contribution in [0, 0.1) is 13.8 Å². The highest BCUT2D eigenvalue weighted by atomic mass is 16.5. The van der Waals surface area contributed by atoms with Crippen molar-refractivity contribution in [1.82, 2.24) is 20.1 Å². The molecule has 2 heterocycles. The Bertz CT molecular complexity index is 1280. The number of carbonyl (C=O) groups excluding carboxylic acids is 2. The van der Waals surface area contributed by atoms with Crippen molar-refractivity contribution in [3.05, 3.63) is 83.2 Å². The highest BCUT2D eigenvalue weighted by Crippen LogP contribution is 2.28. The van der Waals surface area contributed by atoms with Gasteiger partial charge in [-0.05, 0) is 49.2 Å². The summed E-state index contributed by atoms with van der Waals surface area (Å²) in [7, 11) is 1.43. The number of pyridine rings is 1. The summed E-state index contributed by atoms with van der Waals surface area (Å²) < 4.78 is 5.81. The monoisotopic (exact) mass is 475 g/mol. The van der Waals surface area contributed by atoms with Gasteiger partial charge in [0.15, 0.2) is 6.29 Å². The number of rotatable bonds is 7. The van der Waals surface area contributed by atoms with Crippen molar-refractivity contribution in [1.29, 1.82) is 0 Å². The molecule has 1 aliphatic heterocycles. The van der Waals surface area contributed by atoms with E-state index >= 15 is 0 Å². The molecule has 0 bridgehead atoms. The van der Waals surface area contributed by atoms with Gasteiger partial charge in [0.2, 0.25) is 0 Å². The molecule has 4 amide bonds. The maximum Gasteiger partial charge on any atom is 0.337 e. The molecule has 0 radical (unpaired) electrons. The molecule has 1 fully saturated rings. The van der Waals surface area contributed by atoms with Crippen molar-refractivity contribution >= 4 is 23.7 Å². The van der Waals surface area contributed by atoms with Crippen molar-refractivity contribution < 1.29 is 24.2 Å². The number of amides is 4. The lowest BCUT2D eigenvalue weighted by atomic mass is 10.1. The molecule has 1 atom stereocenters. The first-order chi connectivity index (χ1) is 16.7. The van der Waals surface area contributed by atoms with Crippen molar-refractivity contribution in [3.8, 4) is 11.5 Å². The molecule has 180 valence electrons. The largest absolute Gasteiger partial charge is 0.478 e. The minimum atomic E-state index is -1.09. The molecule has 4 rings (SSSR count). The smallest absolute Gasteiger partial charge is 0.337 e. The number of anilines is 1. The average Bonchev–Trinajstić information content (AvgIpc) is 2.83. The number of nitrogens with zero attached hydrogens (tertiary/aromatic N) is 3. The zero-order valence-electron chi connectivity index (χ0n) is 19.5. The number of aromatic carboxylic acids is 1. The summed E-state index contributed by atoms with van der Waals surface area (Å²) in [6.07, 6.45) is 1.91. The number of carbonyl (C=O) groups is 3. The summed E-state index contributed by atoms with van der Waals surface area (Å²) in [5.74, 6) is -0.282. The van der Waals surface area contributed by atoms with Crippen LogP contribution in [0.25, 0.3) is 0 Å². The van der Waals surface area contributed by atoms with Gasteiger partial charge in [0.1, 0.15) is 11.5 Å². The molecule has 10 heteroatoms. The fourth-order valence-electron chi connectivity index (χ4n) is 3.57. The molecule has 2 aromatic carbocycles. The number of hydrogen-bond acceptors (Lipinski definition) is 6. The number of carboxylic acid groups (broad SMARTS) is 1. The molecule has 3 N–H and O–H groups in total. The summed E-state index contributed by atoms with van der Waals surface area (Å²) in [6, 6.07) is 13.6. The Morgan fingerprint density at radius 3 is 2.54 bits per heavy atom. The highest BCUT2D eigenvalue weighted by Gasteiger charge is 2.36. The standard InChI is InChI=1S/C25H25N5O5/c1-15-4-6-17(7-5-15)14-30-23(28-24(33)29(3)25(30)34)27-19-8-9-21(16(2)10-19)35-20-11-18(22(31)32)12-26-13-20/h4-13,23,27H,14H2,1-3H3,(H,28,33)(H,31,32). The van der Waals surface area contributed by atoms with E-state index in [0.29, 0.717) is 23.7 Å². The Hall–Kier alpha value is -4.60. The van der Waals surface area contributed by atoms with E-state index in [1.54, 1.807) is 12.1 Å². The molecule has 0 aliphatic carbocycles. The zero-order chi connectivity index (χ0) is 25.1. The number of hydrogen-bond donors (Lipinski definition) is 3. The second kappa shape index (κ2) is 9.72. The van der Waals surface area contributed by atoms with Gasteiger partial charge in [-0.3, -0.25) is 15.2 Å². The predicted octanol–water partition coefficient (Wildman–Crippen LogP) is 4.16. The number of aromatic nitrogens is 1. The molecular formula is C25H25N5O5. The Morgan fingerprint density at radius 2 is 1.86 bits per heavy atom. The first-order valence-electron chi connectivity index (χ1n) is 10.8. The van der Waals surface area contributed by atoms with Crippen molar-refractivity contribution in [3.63, 3.8) is 0 Å². The molecule has 10 nitrogen and oxygen atoms in total. The molecular weight excluding hydrogens is 450 g/mol. The van der Waals surface area contributed by atoms with Gasteiger partial charge in [-0.25, -0.2) is 19.3 Å². The van der Waals surface area contributed by atoms with Gasteiger partial charge in [0, 0.05) is 18.9 Å². The quantitative estimate of drug-likeness (QED) is 0.469. The van der Waals surface area contributed by atoms with Crippen LogP contribution in [0.2, 0.25) is 0 Å². The lowest BCUT2D eigenvalue weighted by molar-refractivity contribution is 0.0695. The number of carboxylic acids is 1. The second-order valence-electron chi connectivity index (χ2n) is 8.25. The van der Waals surface area contributed by atoms with Crippen LogP contribution in [0.15, 0.2) is 60.9 Å². The Balaban J connectivity index is 1.52. The van der Waals surface area contributed by atoms with Gasteiger partial charge in [-0.15, -0.1) is 0 Å². The van der Waals surface area contributed by atoms with Gasteiger partial charge < -0.3 is 15.2 Å². The van der Waals surface area contributed by atoms with Crippen LogP contribution in [0.5, 0.6) is 11.5 Å². The first-order valence-corrected chi connectivity index (χ1v) is 10.8. The van der Waals surface area contributed by atoms with Gasteiger partial charge in [-0.2, -0.15) is 0 Å². The summed E-state index contributed by atoms with van der Waals surface area (Å²) in [5, 5.41) is 15.1. The molecule has 3 aromatic rings. The van der Waals surface area contributed by atoms with E-state index < -0.39 is 24.3 Å². The highest BCUT2D eigenvalue weighted by molar-refractivity contribution is 5.96. The van der Waals surface area contributed by atoms with Crippen LogP contribution in [-0.4, -0.2) is 51.3 Å². The number of ether oxygens (including phenoxy) is 1. The minimum Gasteiger partial charge on any atom is -0.478 e. The van der Waals surface area contributed by atoms with Gasteiger partial charge in [0.25, 0.3) is 0 Å². The molecule has 1 aliphatic rings. The molecule has 0 spiro atoms. The van der Waals surface area contributed by atoms with E-state index in [-0.39, 0.29) is 5.56 Å². The molecule has 1 aromatic heterocycles. The molecule has 35 heavy (non-hydrogen) atoms. The van der Waals surface area contributed by atoms with Gasteiger partial charge in [0.05, 0.1) is 18.3 Å². The third kappa shape index (κ3) is 5.32. The first kappa shape index (κ1) is 23.6. The Labute approximate surface area is 202 Å². The average molecular weight is 476 g/mol. The van der Waals surface area contributed by atoms with Crippen molar-refractivity contribution in [2.75, 3.05) is 12.4 Å². The number of benzene rings is 2. The lowest BCUT2D eigenvalue weighted by Crippen LogP contribution is -2.65. The number of aryl methyl sites for hydroxylation is 2. The maximum atomic E-state index is 12.9. The van der Waals surface area contributed by atoms with Gasteiger partial charge >= 0.3 is 18.0 Å². The van der Waals surface area contributed by atoms with Crippen molar-refractivity contribution in [2.45, 2.75) is 26.7 Å². The zero-order valence-corrected chi connectivity index (χ0v) is 19.5. The minimum absolute atomic E-state index is 0.0229. The molecule has 1 saturated heterocycles. The topological polar surface area (TPSA) is 124 Å². The fourth-order valence-corrected chi connectivity index (χ4v) is 3.57. The second-order valence-corrected chi connectivity index (χ2v) is 8.25. The summed E-state index contributed by atoms with van der Waals surface area (Å²) in [5.41, 5.74) is 3.48. The van der Waals surface area contributed by atoms with E-state index in [0.717, 1.165) is 21.6 Å². The van der Waals surface area contributed by atoms with E-state index in [2.05, 4.69) is 15.6 Å². The molecule has 0 saturated carbocycles. The van der Waals surface area contributed by atoms with Crippen LogP contribution in [0.4, 0.5) is 15.3 Å². The van der Waals surface area contributed by atoms with Crippen LogP contribution < -0.4 is 15.4 Å². The summed E-state index contributed by atoms with van der Waals surface area (Å²) >= 11 is 0. The summed E-state index contributed by atoms with van der Waals surface area (Å²) in [6.45, 7) is 4.12. The number of urea groups is 2.